The molecule has 1 unspecified atom stereocenters. The lowest BCUT2D eigenvalue weighted by Gasteiger charge is -2.06. The number of nitrogens with two attached hydrogens (primary N) is 1. The third kappa shape index (κ3) is 3.58. The van der Waals surface area contributed by atoms with Crippen LogP contribution in [0.4, 0.5) is 0 Å². The maximum absolute atomic E-state index is 10.8. The fourth-order valence-corrected chi connectivity index (χ4v) is 0.668. The Balaban J connectivity index is 3.41. The molecular weight excluding hydrogens is 130 g/mol. The zero-order valence-electron chi connectivity index (χ0n) is 6.59. The van der Waals surface area contributed by atoms with E-state index in [1.807, 2.05) is 6.92 Å². The number of hydrogen-bond acceptors (Lipinski definition) is 3. The number of ether oxygens (including phenoxy) is 1. The van der Waals surface area contributed by atoms with Crippen molar-refractivity contribution in [3.05, 3.63) is 0 Å². The van der Waals surface area contributed by atoms with Crippen molar-refractivity contribution in [3.8, 4) is 0 Å². The molecule has 1 atom stereocenters. The second-order valence-corrected chi connectivity index (χ2v) is 2.21. The van der Waals surface area contributed by atoms with Gasteiger partial charge in [-0.1, -0.05) is 6.92 Å². The third-order valence-corrected chi connectivity index (χ3v) is 1.40. The summed E-state index contributed by atoms with van der Waals surface area (Å²) < 4.78 is 4.77. The zero-order valence-corrected chi connectivity index (χ0v) is 6.59. The molecule has 0 radical (unpaired) electrons. The maximum Gasteiger partial charge on any atom is 0.149 e. The minimum atomic E-state index is -0.329. The molecule has 3 heteroatoms. The minimum absolute atomic E-state index is 0.108. The van der Waals surface area contributed by atoms with Crippen LogP contribution >= 0.6 is 0 Å². The van der Waals surface area contributed by atoms with Crippen molar-refractivity contribution in [2.75, 3.05) is 13.7 Å². The molecule has 0 fully saturated rings. The van der Waals surface area contributed by atoms with Gasteiger partial charge in [0.2, 0.25) is 0 Å². The van der Waals surface area contributed by atoms with Gasteiger partial charge in [-0.3, -0.25) is 4.79 Å². The number of carbonyl (C=O) groups is 1. The number of Topliss-reactive ketones (excluding diaryl/α,β-unsaturated/α-hetero) is 1. The van der Waals surface area contributed by atoms with Crippen LogP contribution in [0.15, 0.2) is 0 Å². The largest absolute Gasteiger partial charge is 0.385 e. The first kappa shape index (κ1) is 9.59. The highest BCUT2D eigenvalue weighted by molar-refractivity contribution is 5.83. The van der Waals surface area contributed by atoms with Gasteiger partial charge < -0.3 is 10.5 Å². The Kier molecular flexibility index (Phi) is 5.16. The monoisotopic (exact) mass is 145 g/mol. The van der Waals surface area contributed by atoms with E-state index in [9.17, 15) is 4.79 Å². The molecule has 0 rings (SSSR count). The van der Waals surface area contributed by atoms with E-state index in [0.717, 1.165) is 0 Å². The molecule has 0 aromatic carbocycles. The van der Waals surface area contributed by atoms with Crippen molar-refractivity contribution in [2.45, 2.75) is 25.8 Å². The number of methoxy groups -OCH3 is 1. The Hall–Kier alpha value is -0.410. The Bertz CT molecular complexity index is 104. The molecule has 0 aromatic heterocycles. The molecule has 0 bridgehead atoms. The minimum Gasteiger partial charge on any atom is -0.385 e. The highest BCUT2D eigenvalue weighted by Crippen LogP contribution is 1.93. The van der Waals surface area contributed by atoms with E-state index in [0.29, 0.717) is 19.4 Å². The van der Waals surface area contributed by atoms with E-state index in [1.54, 1.807) is 7.11 Å². The van der Waals surface area contributed by atoms with Gasteiger partial charge in [0.05, 0.1) is 6.04 Å². The van der Waals surface area contributed by atoms with Crippen LogP contribution in [0.25, 0.3) is 0 Å². The smallest absolute Gasteiger partial charge is 0.149 e. The molecule has 2 N–H and O–H groups in total. The van der Waals surface area contributed by atoms with E-state index in [2.05, 4.69) is 0 Å². The SMILES string of the molecule is CCC(=O)C(N)CCOC. The summed E-state index contributed by atoms with van der Waals surface area (Å²) >= 11 is 0. The number of ketones is 1. The second-order valence-electron chi connectivity index (χ2n) is 2.21. The van der Waals surface area contributed by atoms with Gasteiger partial charge in [-0.05, 0) is 6.42 Å². The highest BCUT2D eigenvalue weighted by Gasteiger charge is 2.09. The molecule has 0 heterocycles. The summed E-state index contributed by atoms with van der Waals surface area (Å²) in [5, 5.41) is 0. The molecule has 0 aromatic rings. The average molecular weight is 145 g/mol. The topological polar surface area (TPSA) is 52.3 Å². The Morgan fingerprint density at radius 1 is 1.70 bits per heavy atom. The van der Waals surface area contributed by atoms with Gasteiger partial charge in [0.1, 0.15) is 5.78 Å². The first-order valence-corrected chi connectivity index (χ1v) is 3.49. The molecular formula is C7H15NO2. The van der Waals surface area contributed by atoms with Gasteiger partial charge in [0, 0.05) is 20.1 Å². The first-order chi connectivity index (χ1) is 4.72. The molecule has 0 aliphatic heterocycles. The fraction of sp³-hybridized carbons (Fsp3) is 0.857. The van der Waals surface area contributed by atoms with Crippen molar-refractivity contribution >= 4 is 5.78 Å². The van der Waals surface area contributed by atoms with Crippen molar-refractivity contribution < 1.29 is 9.53 Å². The summed E-state index contributed by atoms with van der Waals surface area (Å²) in [4.78, 5) is 10.8. The van der Waals surface area contributed by atoms with Gasteiger partial charge in [-0.2, -0.15) is 0 Å². The predicted octanol–water partition coefficient (Wildman–Crippen LogP) is 0.329. The molecule has 0 saturated heterocycles. The summed E-state index contributed by atoms with van der Waals surface area (Å²) in [7, 11) is 1.60. The van der Waals surface area contributed by atoms with Crippen molar-refractivity contribution in [1.82, 2.24) is 0 Å². The lowest BCUT2D eigenvalue weighted by atomic mass is 10.1. The molecule has 10 heavy (non-hydrogen) atoms. The van der Waals surface area contributed by atoms with Gasteiger partial charge in [-0.25, -0.2) is 0 Å². The van der Waals surface area contributed by atoms with Crippen LogP contribution in [0.1, 0.15) is 19.8 Å². The number of carbonyl (C=O) groups excluding carboxylic acids is 1. The molecule has 0 amide bonds. The quantitative estimate of drug-likeness (QED) is 0.606. The molecule has 3 nitrogen and oxygen atoms in total. The lowest BCUT2D eigenvalue weighted by molar-refractivity contribution is -0.120. The van der Waals surface area contributed by atoms with Gasteiger partial charge in [0.15, 0.2) is 0 Å². The summed E-state index contributed by atoms with van der Waals surface area (Å²) in [6, 6.07) is -0.329. The predicted molar refractivity (Wildman–Crippen MR) is 39.8 cm³/mol. The normalized spacial score (nSPS) is 13.1. The van der Waals surface area contributed by atoms with Crippen LogP contribution < -0.4 is 5.73 Å². The van der Waals surface area contributed by atoms with E-state index >= 15 is 0 Å². The van der Waals surface area contributed by atoms with Crippen LogP contribution in [0.5, 0.6) is 0 Å². The third-order valence-electron chi connectivity index (χ3n) is 1.40. The number of hydrogen-bond donors (Lipinski definition) is 1. The lowest BCUT2D eigenvalue weighted by Crippen LogP contribution is -2.30. The number of rotatable bonds is 5. The molecule has 0 aliphatic carbocycles. The van der Waals surface area contributed by atoms with Gasteiger partial charge in [0.25, 0.3) is 0 Å². The maximum atomic E-state index is 10.8. The Labute approximate surface area is 61.5 Å². The zero-order chi connectivity index (χ0) is 7.98. The van der Waals surface area contributed by atoms with E-state index in [1.165, 1.54) is 0 Å². The average Bonchev–Trinajstić information content (AvgIpc) is 1.98. The molecule has 0 aliphatic rings. The van der Waals surface area contributed by atoms with E-state index < -0.39 is 0 Å². The summed E-state index contributed by atoms with van der Waals surface area (Å²) in [6.45, 7) is 2.38. The van der Waals surface area contributed by atoms with Crippen molar-refractivity contribution in [1.29, 1.82) is 0 Å². The van der Waals surface area contributed by atoms with E-state index in [-0.39, 0.29) is 11.8 Å². The molecule has 0 saturated carbocycles. The van der Waals surface area contributed by atoms with Crippen LogP contribution in [0, 0.1) is 0 Å². The molecule has 60 valence electrons. The van der Waals surface area contributed by atoms with Gasteiger partial charge >= 0.3 is 0 Å². The van der Waals surface area contributed by atoms with Crippen molar-refractivity contribution in [3.63, 3.8) is 0 Å². The van der Waals surface area contributed by atoms with Crippen LogP contribution in [-0.4, -0.2) is 25.5 Å². The Morgan fingerprint density at radius 3 is 2.70 bits per heavy atom. The Morgan fingerprint density at radius 2 is 2.30 bits per heavy atom. The van der Waals surface area contributed by atoms with Crippen LogP contribution in [0.2, 0.25) is 0 Å². The standard InChI is InChI=1S/C7H15NO2/c1-3-7(9)6(8)4-5-10-2/h6H,3-5,8H2,1-2H3. The second kappa shape index (κ2) is 5.38. The van der Waals surface area contributed by atoms with Crippen molar-refractivity contribution in [2.24, 2.45) is 5.73 Å². The highest BCUT2D eigenvalue weighted by atomic mass is 16.5. The molecule has 0 spiro atoms. The summed E-state index contributed by atoms with van der Waals surface area (Å²) in [6.07, 6.45) is 1.15. The van der Waals surface area contributed by atoms with Crippen LogP contribution in [0.3, 0.4) is 0 Å². The van der Waals surface area contributed by atoms with E-state index in [4.69, 9.17) is 10.5 Å². The van der Waals surface area contributed by atoms with Crippen LogP contribution in [-0.2, 0) is 9.53 Å². The summed E-state index contributed by atoms with van der Waals surface area (Å²) in [5.74, 6) is 0.108. The summed E-state index contributed by atoms with van der Waals surface area (Å²) in [5.41, 5.74) is 5.48. The fourth-order valence-electron chi connectivity index (χ4n) is 0.668. The van der Waals surface area contributed by atoms with Gasteiger partial charge in [-0.15, -0.1) is 0 Å². The first-order valence-electron chi connectivity index (χ1n) is 3.49.